The predicted octanol–water partition coefficient (Wildman–Crippen LogP) is 3.17. The summed E-state index contributed by atoms with van der Waals surface area (Å²) in [6, 6.07) is 0.581. The van der Waals surface area contributed by atoms with Crippen LogP contribution in [0.25, 0.3) is 0 Å². The summed E-state index contributed by atoms with van der Waals surface area (Å²) >= 11 is 1.88. The van der Waals surface area contributed by atoms with Crippen LogP contribution in [-0.4, -0.2) is 44.7 Å². The molecule has 0 aromatic carbocycles. The first-order chi connectivity index (χ1) is 7.65. The molecule has 0 aromatic heterocycles. The molecule has 17 heavy (non-hydrogen) atoms. The summed E-state index contributed by atoms with van der Waals surface area (Å²) < 4.78 is 2.55. The molecule has 98 valence electrons. The van der Waals surface area contributed by atoms with Crippen molar-refractivity contribution in [2.75, 3.05) is 13.6 Å². The summed E-state index contributed by atoms with van der Waals surface area (Å²) in [5.41, 5.74) is 0.254. The predicted molar refractivity (Wildman–Crippen MR) is 78.0 cm³/mol. The van der Waals surface area contributed by atoms with Crippen molar-refractivity contribution in [3.8, 4) is 0 Å². The molecule has 1 aliphatic rings. The van der Waals surface area contributed by atoms with E-state index in [0.29, 0.717) is 10.8 Å². The third-order valence-corrected chi connectivity index (χ3v) is 4.79. The number of hydrogen-bond donors (Lipinski definition) is 0. The number of nitrogens with zero attached hydrogens (tertiary/aromatic N) is 2. The standard InChI is InChI=1S/C14H27N2S/c1-8-16-12(11-14(5,6)17-16)9-10-15(7)13(2,3)4/h12H,1,9-11H2,2-7H3/q+1. The zero-order chi connectivity index (χ0) is 13.3. The van der Waals surface area contributed by atoms with E-state index in [9.17, 15) is 0 Å². The lowest BCUT2D eigenvalue weighted by molar-refractivity contribution is -0.383. The molecule has 1 aliphatic heterocycles. The third-order valence-electron chi connectivity index (χ3n) is 3.50. The van der Waals surface area contributed by atoms with Gasteiger partial charge in [-0.15, -0.1) is 3.98 Å². The normalized spacial score (nSPS) is 24.2. The lowest BCUT2D eigenvalue weighted by atomic mass is 10.00. The van der Waals surface area contributed by atoms with Crippen LogP contribution in [0.4, 0.5) is 0 Å². The minimum Gasteiger partial charge on any atom is -0.301 e. The molecule has 1 heterocycles. The van der Waals surface area contributed by atoms with E-state index in [1.165, 1.54) is 12.8 Å². The summed E-state index contributed by atoms with van der Waals surface area (Å²) in [5, 5.41) is 0. The Labute approximate surface area is 111 Å². The molecule has 0 spiro atoms. The average Bonchev–Trinajstić information content (AvgIpc) is 2.48. The summed E-state index contributed by atoms with van der Waals surface area (Å²) in [7, 11) is 2.20. The van der Waals surface area contributed by atoms with Crippen LogP contribution < -0.4 is 0 Å². The number of rotatable bonds is 3. The number of hydrogen-bond acceptors (Lipinski definition) is 2. The monoisotopic (exact) mass is 255 g/mol. The van der Waals surface area contributed by atoms with Crippen molar-refractivity contribution in [1.82, 2.24) is 4.90 Å². The molecule has 1 fully saturated rings. The van der Waals surface area contributed by atoms with Crippen LogP contribution in [0.3, 0.4) is 0 Å². The Morgan fingerprint density at radius 2 is 2.06 bits per heavy atom. The minimum absolute atomic E-state index is 0.254. The molecule has 0 bridgehead atoms. The van der Waals surface area contributed by atoms with Gasteiger partial charge >= 0.3 is 0 Å². The van der Waals surface area contributed by atoms with Crippen molar-refractivity contribution in [2.24, 2.45) is 0 Å². The summed E-state index contributed by atoms with van der Waals surface area (Å²) in [6.07, 6.45) is 2.41. The van der Waals surface area contributed by atoms with Crippen LogP contribution in [0.15, 0.2) is 6.58 Å². The third kappa shape index (κ3) is 4.17. The molecule has 1 saturated heterocycles. The minimum atomic E-state index is 0.254. The Kier molecular flexibility index (Phi) is 4.51. The quantitative estimate of drug-likeness (QED) is 0.564. The van der Waals surface area contributed by atoms with Crippen LogP contribution in [0, 0.1) is 0 Å². The fourth-order valence-corrected chi connectivity index (χ4v) is 3.28. The topological polar surface area (TPSA) is 6.25 Å². The lowest BCUT2D eigenvalue weighted by Crippen LogP contribution is -2.40. The van der Waals surface area contributed by atoms with Gasteiger partial charge in [-0.25, -0.2) is 0 Å². The van der Waals surface area contributed by atoms with Crippen LogP contribution in [0.5, 0.6) is 0 Å². The summed E-state index contributed by atoms with van der Waals surface area (Å²) in [6.45, 7) is 16.3. The van der Waals surface area contributed by atoms with Crippen molar-refractivity contribution in [1.29, 1.82) is 0 Å². The average molecular weight is 255 g/mol. The van der Waals surface area contributed by atoms with Crippen molar-refractivity contribution in [3.05, 3.63) is 6.58 Å². The van der Waals surface area contributed by atoms with Gasteiger partial charge in [0.05, 0.1) is 4.75 Å². The Bertz CT molecular complexity index is 322. The highest BCUT2D eigenvalue weighted by atomic mass is 32.2. The van der Waals surface area contributed by atoms with Gasteiger partial charge in [-0.05, 0) is 41.7 Å². The van der Waals surface area contributed by atoms with E-state index >= 15 is 0 Å². The summed E-state index contributed by atoms with van der Waals surface area (Å²) in [4.78, 5) is 2.42. The first-order valence-corrected chi connectivity index (χ1v) is 7.15. The molecule has 1 rings (SSSR count). The molecule has 0 N–H and O–H groups in total. The van der Waals surface area contributed by atoms with E-state index in [4.69, 9.17) is 0 Å². The van der Waals surface area contributed by atoms with E-state index in [1.54, 1.807) is 0 Å². The van der Waals surface area contributed by atoms with E-state index < -0.39 is 0 Å². The summed E-state index contributed by atoms with van der Waals surface area (Å²) in [5.74, 6) is 3.06. The van der Waals surface area contributed by atoms with Crippen molar-refractivity contribution >= 4 is 17.8 Å². The van der Waals surface area contributed by atoms with Crippen molar-refractivity contribution < 1.29 is 3.98 Å². The van der Waals surface area contributed by atoms with E-state index in [1.807, 2.05) is 11.9 Å². The lowest BCUT2D eigenvalue weighted by Gasteiger charge is -2.31. The van der Waals surface area contributed by atoms with Crippen molar-refractivity contribution in [3.63, 3.8) is 0 Å². The first-order valence-electron chi connectivity index (χ1n) is 6.38. The Morgan fingerprint density at radius 3 is 2.53 bits per heavy atom. The Hall–Kier alpha value is -0.240. The molecule has 0 aliphatic carbocycles. The van der Waals surface area contributed by atoms with Gasteiger partial charge in [0, 0.05) is 31.5 Å². The Balaban J connectivity index is 2.56. The van der Waals surface area contributed by atoms with Gasteiger partial charge in [-0.2, -0.15) is 0 Å². The SMILES string of the molecule is C=C=[N+]1SC(C)(C)CC1CCN(C)C(C)(C)C. The van der Waals surface area contributed by atoms with Gasteiger partial charge < -0.3 is 4.90 Å². The molecule has 0 radical (unpaired) electrons. The highest BCUT2D eigenvalue weighted by Crippen LogP contribution is 2.40. The van der Waals surface area contributed by atoms with Gasteiger partial charge in [0.2, 0.25) is 0 Å². The van der Waals surface area contributed by atoms with Crippen LogP contribution >= 0.6 is 11.9 Å². The van der Waals surface area contributed by atoms with Crippen LogP contribution in [0.2, 0.25) is 0 Å². The molecule has 1 atom stereocenters. The van der Waals surface area contributed by atoms with Gasteiger partial charge in [-0.1, -0.05) is 0 Å². The second-order valence-corrected chi connectivity index (χ2v) is 8.26. The Morgan fingerprint density at radius 1 is 1.47 bits per heavy atom. The first kappa shape index (κ1) is 14.8. The second-order valence-electron chi connectivity index (χ2n) is 6.57. The second kappa shape index (κ2) is 5.17. The highest BCUT2D eigenvalue weighted by Gasteiger charge is 2.44. The van der Waals surface area contributed by atoms with E-state index in [0.717, 1.165) is 6.54 Å². The molecule has 3 heteroatoms. The molecule has 0 aromatic rings. The molecule has 2 nitrogen and oxygen atoms in total. The maximum Gasteiger partial charge on any atom is 0.178 e. The highest BCUT2D eigenvalue weighted by molar-refractivity contribution is 7.95. The van der Waals surface area contributed by atoms with Crippen LogP contribution in [-0.2, 0) is 0 Å². The maximum absolute atomic E-state index is 3.80. The molecule has 1 unspecified atom stereocenters. The van der Waals surface area contributed by atoms with Crippen LogP contribution in [0.1, 0.15) is 47.5 Å². The molecular formula is C14H27N2S+. The molecule has 0 amide bonds. The van der Waals surface area contributed by atoms with Gasteiger partial charge in [0.1, 0.15) is 0 Å². The smallest absolute Gasteiger partial charge is 0.178 e. The fraction of sp³-hybridized carbons (Fsp3) is 0.857. The van der Waals surface area contributed by atoms with Gasteiger partial charge in [-0.3, -0.25) is 0 Å². The van der Waals surface area contributed by atoms with Gasteiger partial charge in [0.15, 0.2) is 23.9 Å². The maximum atomic E-state index is 3.80. The molecular weight excluding hydrogens is 228 g/mol. The zero-order valence-corrected chi connectivity index (χ0v) is 13.0. The fourth-order valence-electron chi connectivity index (χ4n) is 2.09. The zero-order valence-electron chi connectivity index (χ0n) is 12.2. The van der Waals surface area contributed by atoms with E-state index in [2.05, 4.69) is 63.0 Å². The largest absolute Gasteiger partial charge is 0.301 e. The molecule has 0 saturated carbocycles. The van der Waals surface area contributed by atoms with Gasteiger partial charge in [0.25, 0.3) is 0 Å². The van der Waals surface area contributed by atoms with E-state index in [-0.39, 0.29) is 5.54 Å². The van der Waals surface area contributed by atoms with Crippen molar-refractivity contribution in [2.45, 2.75) is 63.8 Å².